The molecule has 2 aliphatic rings. The van der Waals surface area contributed by atoms with Crippen LogP contribution in [0, 0.1) is 5.92 Å². The van der Waals surface area contributed by atoms with E-state index in [1.165, 1.54) is 23.3 Å². The first kappa shape index (κ1) is 14.3. The fourth-order valence-electron chi connectivity index (χ4n) is 3.00. The number of imide groups is 1. The third-order valence-electron chi connectivity index (χ3n) is 4.45. The highest BCUT2D eigenvalue weighted by atomic mass is 16.2. The van der Waals surface area contributed by atoms with Gasteiger partial charge in [-0.15, -0.1) is 0 Å². The summed E-state index contributed by atoms with van der Waals surface area (Å²) >= 11 is 0. The Hall–Kier alpha value is -1.68. The molecule has 3 rings (SSSR count). The van der Waals surface area contributed by atoms with Crippen LogP contribution in [0.15, 0.2) is 18.2 Å². The summed E-state index contributed by atoms with van der Waals surface area (Å²) in [4.78, 5) is 25.3. The van der Waals surface area contributed by atoms with E-state index in [2.05, 4.69) is 18.3 Å². The molecular formula is C17H22N2O2. The molecule has 0 saturated heterocycles. The van der Waals surface area contributed by atoms with E-state index in [9.17, 15) is 9.59 Å². The summed E-state index contributed by atoms with van der Waals surface area (Å²) in [5, 5.41) is 3.60. The van der Waals surface area contributed by atoms with Crippen LogP contribution in [0.2, 0.25) is 0 Å². The maximum atomic E-state index is 12.3. The number of hydrogen-bond acceptors (Lipinski definition) is 3. The number of likely N-dealkylation sites (N-methyl/N-ethyl adjacent to an activating group) is 1. The van der Waals surface area contributed by atoms with Crippen LogP contribution in [0.25, 0.3) is 0 Å². The van der Waals surface area contributed by atoms with Crippen molar-refractivity contribution >= 4 is 11.8 Å². The molecule has 21 heavy (non-hydrogen) atoms. The second kappa shape index (κ2) is 5.60. The first-order chi connectivity index (χ1) is 10.1. The van der Waals surface area contributed by atoms with Crippen LogP contribution in [0.4, 0.5) is 0 Å². The van der Waals surface area contributed by atoms with Crippen molar-refractivity contribution in [1.82, 2.24) is 10.2 Å². The monoisotopic (exact) mass is 286 g/mol. The molecule has 4 nitrogen and oxygen atoms in total. The van der Waals surface area contributed by atoms with E-state index in [1.807, 2.05) is 12.1 Å². The quantitative estimate of drug-likeness (QED) is 0.845. The Morgan fingerprint density at radius 2 is 2.10 bits per heavy atom. The molecule has 4 heteroatoms. The van der Waals surface area contributed by atoms with Gasteiger partial charge in [0.1, 0.15) is 0 Å². The highest BCUT2D eigenvalue weighted by molar-refractivity contribution is 6.09. The molecule has 0 spiro atoms. The molecule has 112 valence electrons. The lowest BCUT2D eigenvalue weighted by Gasteiger charge is -2.25. The van der Waals surface area contributed by atoms with Crippen molar-refractivity contribution in [3.63, 3.8) is 0 Å². The minimum absolute atomic E-state index is 0.122. The molecule has 1 N–H and O–H groups in total. The van der Waals surface area contributed by atoms with Crippen LogP contribution in [-0.2, 0) is 11.2 Å². The summed E-state index contributed by atoms with van der Waals surface area (Å²) in [6, 6.07) is 6.37. The molecule has 1 saturated carbocycles. The van der Waals surface area contributed by atoms with Crippen LogP contribution < -0.4 is 5.32 Å². The van der Waals surface area contributed by atoms with Gasteiger partial charge in [0.15, 0.2) is 0 Å². The van der Waals surface area contributed by atoms with Gasteiger partial charge < -0.3 is 5.32 Å². The van der Waals surface area contributed by atoms with Crippen molar-refractivity contribution in [2.24, 2.45) is 5.92 Å². The second-order valence-electron chi connectivity index (χ2n) is 6.12. The zero-order valence-electron chi connectivity index (χ0n) is 12.7. The predicted molar refractivity (Wildman–Crippen MR) is 81.0 cm³/mol. The molecule has 1 fully saturated rings. The van der Waals surface area contributed by atoms with Gasteiger partial charge >= 0.3 is 0 Å². The van der Waals surface area contributed by atoms with Crippen molar-refractivity contribution in [2.75, 3.05) is 13.6 Å². The van der Waals surface area contributed by atoms with Crippen molar-refractivity contribution in [3.8, 4) is 0 Å². The Kier molecular flexibility index (Phi) is 3.81. The van der Waals surface area contributed by atoms with E-state index in [0.29, 0.717) is 23.9 Å². The summed E-state index contributed by atoms with van der Waals surface area (Å²) in [6.45, 7) is 3.15. The number of nitrogens with one attached hydrogen (secondary N) is 1. The van der Waals surface area contributed by atoms with Crippen molar-refractivity contribution < 1.29 is 9.59 Å². The lowest BCUT2D eigenvalue weighted by atomic mass is 9.92. The van der Waals surface area contributed by atoms with Gasteiger partial charge in [-0.05, 0) is 48.9 Å². The molecule has 1 aromatic rings. The smallest absolute Gasteiger partial charge is 0.260 e. The van der Waals surface area contributed by atoms with Gasteiger partial charge in [-0.2, -0.15) is 0 Å². The number of fused-ring (bicyclic) bond motifs is 1. The van der Waals surface area contributed by atoms with Gasteiger partial charge in [-0.25, -0.2) is 0 Å². The van der Waals surface area contributed by atoms with E-state index in [1.54, 1.807) is 7.05 Å². The number of carbonyl (C=O) groups excluding carboxylic acids is 2. The molecule has 1 aromatic carbocycles. The minimum atomic E-state index is -0.173. The van der Waals surface area contributed by atoms with Crippen LogP contribution in [0.5, 0.6) is 0 Å². The van der Waals surface area contributed by atoms with Gasteiger partial charge in [0.25, 0.3) is 5.91 Å². The lowest BCUT2D eigenvalue weighted by Crippen LogP contribution is -2.39. The fraction of sp³-hybridized carbons (Fsp3) is 0.529. The van der Waals surface area contributed by atoms with Gasteiger partial charge in [-0.3, -0.25) is 14.5 Å². The maximum absolute atomic E-state index is 12.3. The Morgan fingerprint density at radius 1 is 1.33 bits per heavy atom. The topological polar surface area (TPSA) is 49.4 Å². The van der Waals surface area contributed by atoms with Crippen molar-refractivity contribution in [2.45, 2.75) is 38.6 Å². The molecule has 1 aliphatic carbocycles. The first-order valence-electron chi connectivity index (χ1n) is 7.79. The summed E-state index contributed by atoms with van der Waals surface area (Å²) in [7, 11) is 1.56. The number of amides is 2. The average Bonchev–Trinajstić information content (AvgIpc) is 3.30. The fourth-order valence-corrected chi connectivity index (χ4v) is 3.00. The second-order valence-corrected chi connectivity index (χ2v) is 6.12. The predicted octanol–water partition coefficient (Wildman–Crippen LogP) is 2.29. The zero-order valence-corrected chi connectivity index (χ0v) is 12.7. The SMILES string of the molecule is CCCNC(c1ccc2c(c1)C(=O)N(C)C(=O)C2)C1CC1. The van der Waals surface area contributed by atoms with Crippen LogP contribution >= 0.6 is 0 Å². The first-order valence-corrected chi connectivity index (χ1v) is 7.79. The molecular weight excluding hydrogens is 264 g/mol. The molecule has 2 amide bonds. The average molecular weight is 286 g/mol. The lowest BCUT2D eigenvalue weighted by molar-refractivity contribution is -0.127. The summed E-state index contributed by atoms with van der Waals surface area (Å²) < 4.78 is 0. The van der Waals surface area contributed by atoms with Gasteiger partial charge in [0, 0.05) is 18.7 Å². The molecule has 0 bridgehead atoms. The van der Waals surface area contributed by atoms with Gasteiger partial charge in [0.2, 0.25) is 5.91 Å². The molecule has 0 aromatic heterocycles. The Balaban J connectivity index is 1.91. The number of benzene rings is 1. The van der Waals surface area contributed by atoms with Crippen LogP contribution in [-0.4, -0.2) is 30.3 Å². The van der Waals surface area contributed by atoms with E-state index in [4.69, 9.17) is 0 Å². The number of carbonyl (C=O) groups is 2. The summed E-state index contributed by atoms with van der Waals surface area (Å²) in [6.07, 6.45) is 3.94. The Bertz CT molecular complexity index is 578. The molecule has 1 aliphatic heterocycles. The maximum Gasteiger partial charge on any atom is 0.260 e. The van der Waals surface area contributed by atoms with Crippen molar-refractivity contribution in [3.05, 3.63) is 34.9 Å². The highest BCUT2D eigenvalue weighted by Gasteiger charge is 2.34. The molecule has 1 unspecified atom stereocenters. The number of nitrogens with zero attached hydrogens (tertiary/aromatic N) is 1. The van der Waals surface area contributed by atoms with Crippen molar-refractivity contribution in [1.29, 1.82) is 0 Å². The van der Waals surface area contributed by atoms with E-state index in [-0.39, 0.29) is 11.8 Å². The van der Waals surface area contributed by atoms with Gasteiger partial charge in [-0.1, -0.05) is 19.1 Å². The van der Waals surface area contributed by atoms with E-state index in [0.717, 1.165) is 18.5 Å². The normalized spacial score (nSPS) is 19.6. The Morgan fingerprint density at radius 3 is 2.76 bits per heavy atom. The third kappa shape index (κ3) is 2.72. The molecule has 0 radical (unpaired) electrons. The van der Waals surface area contributed by atoms with Crippen LogP contribution in [0.3, 0.4) is 0 Å². The van der Waals surface area contributed by atoms with Gasteiger partial charge in [0.05, 0.1) is 6.42 Å². The largest absolute Gasteiger partial charge is 0.310 e. The molecule has 1 heterocycles. The van der Waals surface area contributed by atoms with E-state index < -0.39 is 0 Å². The standard InChI is InChI=1S/C17H22N2O2/c1-3-8-18-16(11-4-5-11)13-7-6-12-10-15(20)19(2)17(21)14(12)9-13/h6-7,9,11,16,18H,3-5,8,10H2,1-2H3. The molecule has 1 atom stereocenters. The summed E-state index contributed by atoms with van der Waals surface area (Å²) in [5.74, 6) is 0.392. The zero-order chi connectivity index (χ0) is 15.0. The third-order valence-corrected chi connectivity index (χ3v) is 4.45. The van der Waals surface area contributed by atoms with E-state index >= 15 is 0 Å². The highest BCUT2D eigenvalue weighted by Crippen LogP contribution is 2.41. The van der Waals surface area contributed by atoms with Crippen LogP contribution in [0.1, 0.15) is 53.7 Å². The number of rotatable bonds is 5. The number of hydrogen-bond donors (Lipinski definition) is 1. The minimum Gasteiger partial charge on any atom is -0.310 e. The Labute approximate surface area is 125 Å². The summed E-state index contributed by atoms with van der Waals surface area (Å²) in [5.41, 5.74) is 2.73.